The van der Waals surface area contributed by atoms with Gasteiger partial charge in [-0.25, -0.2) is 18.9 Å². The molecule has 0 bridgehead atoms. The van der Waals surface area contributed by atoms with Crippen LogP contribution in [0.5, 0.6) is 0 Å². The van der Waals surface area contributed by atoms with E-state index < -0.39 is 12.1 Å². The Hall–Kier alpha value is -2.77. The lowest BCUT2D eigenvalue weighted by atomic mass is 9.89. The van der Waals surface area contributed by atoms with Gasteiger partial charge >= 0.3 is 5.97 Å². The van der Waals surface area contributed by atoms with Crippen LogP contribution in [-0.2, 0) is 9.53 Å². The molecule has 1 fully saturated rings. The number of carbonyl (C=O) groups excluding carboxylic acids is 2. The molecule has 7 nitrogen and oxygen atoms in total. The number of nitrogens with zero attached hydrogens (tertiary/aromatic N) is 3. The molecular weight excluding hydrogens is 363 g/mol. The molecule has 1 heterocycles. The van der Waals surface area contributed by atoms with Crippen molar-refractivity contribution in [3.8, 4) is 5.69 Å². The van der Waals surface area contributed by atoms with Crippen LogP contribution < -0.4 is 5.32 Å². The predicted octanol–water partition coefficient (Wildman–Crippen LogP) is 2.96. The Morgan fingerprint density at radius 2 is 1.93 bits per heavy atom. The number of nitrogens with one attached hydrogen (secondary N) is 1. The average molecular weight is 388 g/mol. The van der Waals surface area contributed by atoms with Crippen molar-refractivity contribution in [2.24, 2.45) is 5.92 Å². The summed E-state index contributed by atoms with van der Waals surface area (Å²) < 4.78 is 19.7. The highest BCUT2D eigenvalue weighted by Crippen LogP contribution is 2.22. The summed E-state index contributed by atoms with van der Waals surface area (Å²) >= 11 is 0. The molecule has 1 N–H and O–H groups in total. The minimum atomic E-state index is -0.936. The van der Waals surface area contributed by atoms with Gasteiger partial charge in [-0.15, -0.1) is 5.10 Å². The first-order chi connectivity index (χ1) is 13.4. The highest BCUT2D eigenvalue weighted by Gasteiger charge is 2.24. The Morgan fingerprint density at radius 3 is 2.61 bits per heavy atom. The molecule has 1 aromatic carbocycles. The van der Waals surface area contributed by atoms with E-state index in [-0.39, 0.29) is 17.5 Å². The molecule has 1 aromatic heterocycles. The summed E-state index contributed by atoms with van der Waals surface area (Å²) in [6.07, 6.45) is 4.97. The van der Waals surface area contributed by atoms with Gasteiger partial charge < -0.3 is 10.1 Å². The number of halogens is 1. The van der Waals surface area contributed by atoms with Crippen LogP contribution in [0.2, 0.25) is 0 Å². The molecule has 1 saturated carbocycles. The molecule has 1 atom stereocenters. The monoisotopic (exact) mass is 388 g/mol. The smallest absolute Gasteiger partial charge is 0.379 e. The van der Waals surface area contributed by atoms with Crippen molar-refractivity contribution in [3.05, 3.63) is 41.7 Å². The molecule has 8 heteroatoms. The third-order valence-corrected chi connectivity index (χ3v) is 4.97. The van der Waals surface area contributed by atoms with Crippen LogP contribution in [-0.4, -0.2) is 39.3 Å². The third-order valence-electron chi connectivity index (χ3n) is 4.97. The van der Waals surface area contributed by atoms with E-state index in [4.69, 9.17) is 4.74 Å². The lowest BCUT2D eigenvalue weighted by molar-refractivity contribution is -0.129. The third kappa shape index (κ3) is 4.94. The zero-order valence-corrected chi connectivity index (χ0v) is 16.2. The molecule has 0 aliphatic heterocycles. The minimum absolute atomic E-state index is 0.145. The van der Waals surface area contributed by atoms with Gasteiger partial charge in [0.05, 0.1) is 5.69 Å². The highest BCUT2D eigenvalue weighted by atomic mass is 19.1. The maximum atomic E-state index is 13.1. The summed E-state index contributed by atoms with van der Waals surface area (Å²) in [4.78, 5) is 28.6. The van der Waals surface area contributed by atoms with Gasteiger partial charge in [0, 0.05) is 6.54 Å². The number of hydrogen-bond acceptors (Lipinski definition) is 5. The van der Waals surface area contributed by atoms with Crippen molar-refractivity contribution < 1.29 is 18.7 Å². The zero-order chi connectivity index (χ0) is 20.1. The van der Waals surface area contributed by atoms with Gasteiger partial charge in [0.2, 0.25) is 0 Å². The van der Waals surface area contributed by atoms with Crippen LogP contribution in [0.15, 0.2) is 24.3 Å². The van der Waals surface area contributed by atoms with Crippen LogP contribution in [0, 0.1) is 18.7 Å². The highest BCUT2D eigenvalue weighted by molar-refractivity contribution is 5.89. The van der Waals surface area contributed by atoms with Crippen molar-refractivity contribution in [2.45, 2.75) is 52.1 Å². The van der Waals surface area contributed by atoms with Crippen LogP contribution >= 0.6 is 0 Å². The number of amides is 1. The van der Waals surface area contributed by atoms with Crippen molar-refractivity contribution in [1.29, 1.82) is 0 Å². The number of aromatic nitrogens is 3. The van der Waals surface area contributed by atoms with E-state index in [1.807, 2.05) is 0 Å². The summed E-state index contributed by atoms with van der Waals surface area (Å²) in [5, 5.41) is 6.98. The first-order valence-electron chi connectivity index (χ1n) is 9.62. The second-order valence-electron chi connectivity index (χ2n) is 7.17. The second-order valence-corrected chi connectivity index (χ2v) is 7.17. The Morgan fingerprint density at radius 1 is 1.25 bits per heavy atom. The second kappa shape index (κ2) is 8.95. The molecule has 0 spiro atoms. The van der Waals surface area contributed by atoms with Gasteiger partial charge in [0.15, 0.2) is 6.10 Å². The lowest BCUT2D eigenvalue weighted by Crippen LogP contribution is -2.38. The van der Waals surface area contributed by atoms with Crippen LogP contribution in [0.3, 0.4) is 0 Å². The number of rotatable bonds is 6. The lowest BCUT2D eigenvalue weighted by Gasteiger charge is -2.22. The molecule has 1 aliphatic rings. The van der Waals surface area contributed by atoms with Gasteiger partial charge in [-0.3, -0.25) is 4.79 Å². The molecule has 3 rings (SSSR count). The van der Waals surface area contributed by atoms with Gasteiger partial charge in [-0.1, -0.05) is 19.3 Å². The fourth-order valence-electron chi connectivity index (χ4n) is 3.35. The zero-order valence-electron chi connectivity index (χ0n) is 16.2. The fraction of sp³-hybridized carbons (Fsp3) is 0.500. The summed E-state index contributed by atoms with van der Waals surface area (Å²) in [5.41, 5.74) is 0.573. The quantitative estimate of drug-likeness (QED) is 0.769. The Bertz CT molecular complexity index is 828. The van der Waals surface area contributed by atoms with Gasteiger partial charge in [0.25, 0.3) is 11.7 Å². The topological polar surface area (TPSA) is 86.1 Å². The SMILES string of the molecule is Cc1nc(C(=O)O[C@@H](C)C(=O)NCC2CCCCC2)nn1-c1ccc(F)cc1. The normalized spacial score (nSPS) is 15.8. The number of ether oxygens (including phenoxy) is 1. The summed E-state index contributed by atoms with van der Waals surface area (Å²) in [6.45, 7) is 3.81. The maximum Gasteiger partial charge on any atom is 0.379 e. The average Bonchev–Trinajstić information content (AvgIpc) is 3.09. The molecule has 0 radical (unpaired) electrons. The molecule has 1 aliphatic carbocycles. The van der Waals surface area contributed by atoms with Crippen molar-refractivity contribution in [2.75, 3.05) is 6.54 Å². The van der Waals surface area contributed by atoms with E-state index >= 15 is 0 Å². The van der Waals surface area contributed by atoms with Gasteiger partial charge in [-0.2, -0.15) is 0 Å². The van der Waals surface area contributed by atoms with E-state index in [0.717, 1.165) is 12.8 Å². The molecule has 1 amide bonds. The van der Waals surface area contributed by atoms with Crippen molar-refractivity contribution in [1.82, 2.24) is 20.1 Å². The molecule has 150 valence electrons. The first kappa shape index (κ1) is 20.0. The Kier molecular flexibility index (Phi) is 6.38. The van der Waals surface area contributed by atoms with Gasteiger partial charge in [-0.05, 0) is 56.9 Å². The summed E-state index contributed by atoms with van der Waals surface area (Å²) in [6, 6.07) is 5.67. The largest absolute Gasteiger partial charge is 0.447 e. The number of aryl methyl sites for hydroxylation is 1. The van der Waals surface area contributed by atoms with E-state index in [1.54, 1.807) is 6.92 Å². The number of esters is 1. The van der Waals surface area contributed by atoms with E-state index in [2.05, 4.69) is 15.4 Å². The minimum Gasteiger partial charge on any atom is -0.447 e. The van der Waals surface area contributed by atoms with Crippen molar-refractivity contribution in [3.63, 3.8) is 0 Å². The summed E-state index contributed by atoms with van der Waals surface area (Å²) in [7, 11) is 0. The molecule has 28 heavy (non-hydrogen) atoms. The molecule has 0 unspecified atom stereocenters. The van der Waals surface area contributed by atoms with Crippen LogP contribution in [0.25, 0.3) is 5.69 Å². The first-order valence-corrected chi connectivity index (χ1v) is 9.62. The summed E-state index contributed by atoms with van der Waals surface area (Å²) in [5.74, 6) is -0.662. The van der Waals surface area contributed by atoms with E-state index in [9.17, 15) is 14.0 Å². The van der Waals surface area contributed by atoms with Crippen LogP contribution in [0.1, 0.15) is 55.5 Å². The standard InChI is InChI=1S/C20H25FN4O3/c1-13(19(26)22-12-15-6-4-3-5-7-15)28-20(27)18-23-14(2)25(24-18)17-10-8-16(21)9-11-17/h8-11,13,15H,3-7,12H2,1-2H3,(H,22,26)/t13-/m0/s1. The van der Waals surface area contributed by atoms with Crippen LogP contribution in [0.4, 0.5) is 4.39 Å². The van der Waals surface area contributed by atoms with E-state index in [0.29, 0.717) is 24.0 Å². The fourth-order valence-corrected chi connectivity index (χ4v) is 3.35. The van der Waals surface area contributed by atoms with Gasteiger partial charge in [0.1, 0.15) is 11.6 Å². The molecule has 0 saturated heterocycles. The number of hydrogen-bond donors (Lipinski definition) is 1. The Labute approximate surface area is 163 Å². The molecular formula is C20H25FN4O3. The number of benzene rings is 1. The molecule has 2 aromatic rings. The number of carbonyl (C=O) groups is 2. The Balaban J connectivity index is 1.57. The predicted molar refractivity (Wildman–Crippen MR) is 101 cm³/mol. The van der Waals surface area contributed by atoms with E-state index in [1.165, 1.54) is 55.1 Å². The maximum absolute atomic E-state index is 13.1. The van der Waals surface area contributed by atoms with Crippen molar-refractivity contribution >= 4 is 11.9 Å².